The first kappa shape index (κ1) is 25.2. The summed E-state index contributed by atoms with van der Waals surface area (Å²) in [5.41, 5.74) is 2.52. The Hall–Kier alpha value is -1.82. The highest BCUT2D eigenvalue weighted by Crippen LogP contribution is 2.25. The van der Waals surface area contributed by atoms with Gasteiger partial charge in [-0.15, -0.1) is 0 Å². The molecule has 0 fully saturated rings. The lowest BCUT2D eigenvalue weighted by atomic mass is 10.1. The van der Waals surface area contributed by atoms with Crippen LogP contribution in [0.1, 0.15) is 69.4 Å². The van der Waals surface area contributed by atoms with E-state index < -0.39 is 5.97 Å². The number of aryl methyl sites for hydroxylation is 2. The van der Waals surface area contributed by atoms with E-state index >= 15 is 0 Å². The lowest BCUT2D eigenvalue weighted by Crippen LogP contribution is -2.38. The number of nitrogens with zero attached hydrogens (tertiary/aromatic N) is 1. The van der Waals surface area contributed by atoms with Crippen molar-refractivity contribution >= 4 is 34.4 Å². The molecule has 1 aromatic rings. The molecule has 0 aliphatic rings. The van der Waals surface area contributed by atoms with Crippen molar-refractivity contribution in [2.45, 2.75) is 72.1 Å². The van der Waals surface area contributed by atoms with Crippen LogP contribution in [-0.4, -0.2) is 36.4 Å². The van der Waals surface area contributed by atoms with E-state index in [9.17, 15) is 14.4 Å². The van der Waals surface area contributed by atoms with E-state index in [0.717, 1.165) is 42.2 Å². The van der Waals surface area contributed by atoms with Gasteiger partial charge in [-0.2, -0.15) is 0 Å². The fourth-order valence-corrected chi connectivity index (χ4v) is 3.96. The summed E-state index contributed by atoms with van der Waals surface area (Å²) in [5, 5.41) is 0.0337. The van der Waals surface area contributed by atoms with Gasteiger partial charge in [0.05, 0.1) is 18.6 Å². The third kappa shape index (κ3) is 9.48. The molecule has 0 saturated carbocycles. The first-order valence-corrected chi connectivity index (χ1v) is 11.5. The minimum Gasteiger partial charge on any atom is -0.468 e. The number of rotatable bonds is 13. The van der Waals surface area contributed by atoms with Crippen LogP contribution < -0.4 is 4.90 Å². The Morgan fingerprint density at radius 1 is 0.966 bits per heavy atom. The highest BCUT2D eigenvalue weighted by Gasteiger charge is 2.23. The van der Waals surface area contributed by atoms with Gasteiger partial charge in [0.25, 0.3) is 0 Å². The topological polar surface area (TPSA) is 63.7 Å². The predicted octanol–water partition coefficient (Wildman–Crippen LogP) is 5.21. The molecule has 0 atom stereocenters. The lowest BCUT2D eigenvalue weighted by Gasteiger charge is -2.25. The Morgan fingerprint density at radius 2 is 1.55 bits per heavy atom. The van der Waals surface area contributed by atoms with Crippen LogP contribution in [0, 0.1) is 13.8 Å². The summed E-state index contributed by atoms with van der Waals surface area (Å²) in [4.78, 5) is 38.3. The zero-order valence-electron chi connectivity index (χ0n) is 18.3. The third-order valence-electron chi connectivity index (χ3n) is 4.87. The normalized spacial score (nSPS) is 10.6. The van der Waals surface area contributed by atoms with Crippen molar-refractivity contribution in [3.63, 3.8) is 0 Å². The molecule has 0 spiro atoms. The molecule has 0 aliphatic heterocycles. The maximum Gasteiger partial charge on any atom is 0.325 e. The second kappa shape index (κ2) is 14.2. The minimum absolute atomic E-state index is 0.0279. The number of hydrogen-bond donors (Lipinski definition) is 0. The number of esters is 1. The largest absolute Gasteiger partial charge is 0.468 e. The first-order chi connectivity index (χ1) is 13.9. The fraction of sp³-hybridized carbons (Fsp3) is 0.609. The van der Waals surface area contributed by atoms with Gasteiger partial charge in [-0.1, -0.05) is 75.4 Å². The van der Waals surface area contributed by atoms with E-state index in [1.807, 2.05) is 32.0 Å². The maximum absolute atomic E-state index is 12.8. The molecule has 162 valence electrons. The SMILES string of the molecule is CCCCCCCCCC(=O)SCC(=O)N(CC(=O)OC)c1c(C)cccc1C. The molecule has 0 aliphatic carbocycles. The molecule has 0 N–H and O–H groups in total. The summed E-state index contributed by atoms with van der Waals surface area (Å²) in [6.07, 6.45) is 8.59. The Balaban J connectivity index is 2.56. The summed E-state index contributed by atoms with van der Waals surface area (Å²) in [5.74, 6) is -0.716. The molecule has 0 aromatic heterocycles. The van der Waals surface area contributed by atoms with Crippen LogP contribution in [0.3, 0.4) is 0 Å². The molecule has 5 nitrogen and oxygen atoms in total. The van der Waals surface area contributed by atoms with Crippen LogP contribution in [0.4, 0.5) is 5.69 Å². The van der Waals surface area contributed by atoms with E-state index in [-0.39, 0.29) is 23.3 Å². The number of carbonyl (C=O) groups excluding carboxylic acids is 3. The number of thioether (sulfide) groups is 1. The quantitative estimate of drug-likeness (QED) is 0.323. The number of unbranched alkanes of at least 4 members (excludes halogenated alkanes) is 6. The van der Waals surface area contributed by atoms with Gasteiger partial charge in [-0.25, -0.2) is 0 Å². The van der Waals surface area contributed by atoms with E-state index in [0.29, 0.717) is 12.1 Å². The van der Waals surface area contributed by atoms with Crippen molar-refractivity contribution in [2.75, 3.05) is 24.3 Å². The monoisotopic (exact) mass is 421 g/mol. The molecule has 0 bridgehead atoms. The van der Waals surface area contributed by atoms with Gasteiger partial charge in [0.1, 0.15) is 6.54 Å². The van der Waals surface area contributed by atoms with Crippen molar-refractivity contribution in [2.24, 2.45) is 0 Å². The molecule has 0 saturated heterocycles. The molecule has 0 radical (unpaired) electrons. The Kier molecular flexibility index (Phi) is 12.4. The second-order valence-electron chi connectivity index (χ2n) is 7.33. The van der Waals surface area contributed by atoms with Crippen molar-refractivity contribution in [3.05, 3.63) is 29.3 Å². The maximum atomic E-state index is 12.8. The number of benzene rings is 1. The number of hydrogen-bond acceptors (Lipinski definition) is 5. The average Bonchev–Trinajstić information content (AvgIpc) is 2.70. The number of para-hydroxylation sites is 1. The molecular formula is C23H35NO4S. The highest BCUT2D eigenvalue weighted by atomic mass is 32.2. The van der Waals surface area contributed by atoms with Crippen LogP contribution in [0.15, 0.2) is 18.2 Å². The van der Waals surface area contributed by atoms with Gasteiger partial charge in [0.2, 0.25) is 5.91 Å². The Bertz CT molecular complexity index is 655. The van der Waals surface area contributed by atoms with Gasteiger partial charge in [0, 0.05) is 6.42 Å². The average molecular weight is 422 g/mol. The van der Waals surface area contributed by atoms with Crippen LogP contribution in [0.5, 0.6) is 0 Å². The van der Waals surface area contributed by atoms with Crippen molar-refractivity contribution in [1.82, 2.24) is 0 Å². The zero-order valence-corrected chi connectivity index (χ0v) is 19.1. The number of anilines is 1. The molecular weight excluding hydrogens is 386 g/mol. The van der Waals surface area contributed by atoms with E-state index in [1.54, 1.807) is 0 Å². The molecule has 1 rings (SSSR count). The van der Waals surface area contributed by atoms with Crippen molar-refractivity contribution < 1.29 is 19.1 Å². The molecule has 0 unspecified atom stereocenters. The molecule has 0 heterocycles. The van der Waals surface area contributed by atoms with Gasteiger partial charge >= 0.3 is 5.97 Å². The summed E-state index contributed by atoms with van der Waals surface area (Å²) in [7, 11) is 1.30. The van der Waals surface area contributed by atoms with Crippen molar-refractivity contribution in [1.29, 1.82) is 0 Å². The minimum atomic E-state index is -0.486. The molecule has 1 aromatic carbocycles. The highest BCUT2D eigenvalue weighted by molar-refractivity contribution is 8.14. The first-order valence-electron chi connectivity index (χ1n) is 10.5. The second-order valence-corrected chi connectivity index (χ2v) is 8.36. The third-order valence-corrected chi connectivity index (χ3v) is 5.78. The summed E-state index contributed by atoms with van der Waals surface area (Å²) >= 11 is 1.04. The Morgan fingerprint density at radius 3 is 2.14 bits per heavy atom. The lowest BCUT2D eigenvalue weighted by molar-refractivity contribution is -0.139. The summed E-state index contributed by atoms with van der Waals surface area (Å²) < 4.78 is 4.75. The van der Waals surface area contributed by atoms with Gasteiger partial charge in [0.15, 0.2) is 5.12 Å². The van der Waals surface area contributed by atoms with E-state index in [4.69, 9.17) is 4.74 Å². The molecule has 6 heteroatoms. The zero-order chi connectivity index (χ0) is 21.6. The van der Waals surface area contributed by atoms with E-state index in [1.165, 1.54) is 37.7 Å². The van der Waals surface area contributed by atoms with Crippen LogP contribution in [0.25, 0.3) is 0 Å². The molecule has 29 heavy (non-hydrogen) atoms. The van der Waals surface area contributed by atoms with Crippen LogP contribution in [0.2, 0.25) is 0 Å². The smallest absolute Gasteiger partial charge is 0.325 e. The van der Waals surface area contributed by atoms with Gasteiger partial charge < -0.3 is 4.74 Å². The van der Waals surface area contributed by atoms with Crippen molar-refractivity contribution in [3.8, 4) is 0 Å². The predicted molar refractivity (Wildman–Crippen MR) is 120 cm³/mol. The summed E-state index contributed by atoms with van der Waals surface area (Å²) in [6, 6.07) is 5.72. The molecule has 1 amide bonds. The van der Waals surface area contributed by atoms with Gasteiger partial charge in [-0.3, -0.25) is 19.3 Å². The van der Waals surface area contributed by atoms with Gasteiger partial charge in [-0.05, 0) is 31.4 Å². The van der Waals surface area contributed by atoms with Crippen LogP contribution in [-0.2, 0) is 19.1 Å². The van der Waals surface area contributed by atoms with Crippen LogP contribution >= 0.6 is 11.8 Å². The number of methoxy groups -OCH3 is 1. The number of ether oxygens (including phenoxy) is 1. The Labute approximate surface area is 179 Å². The number of amides is 1. The summed E-state index contributed by atoms with van der Waals surface area (Å²) in [6.45, 7) is 5.84. The fourth-order valence-electron chi connectivity index (χ4n) is 3.24. The standard InChI is InChI=1S/C23H35NO4S/c1-5-6-7-8-9-10-11-15-22(27)29-17-20(25)24(16-21(26)28-4)23-18(2)13-12-14-19(23)3/h12-14H,5-11,15-17H2,1-4H3. The van der Waals surface area contributed by atoms with E-state index in [2.05, 4.69) is 6.92 Å². The number of carbonyl (C=O) groups is 3.